The van der Waals surface area contributed by atoms with E-state index in [0.29, 0.717) is 46.8 Å². The third-order valence-electron chi connectivity index (χ3n) is 4.74. The van der Waals surface area contributed by atoms with Gasteiger partial charge in [-0.2, -0.15) is 5.10 Å². The van der Waals surface area contributed by atoms with Crippen LogP contribution in [0, 0.1) is 3.57 Å². The van der Waals surface area contributed by atoms with E-state index in [2.05, 4.69) is 27.7 Å². The van der Waals surface area contributed by atoms with Crippen molar-refractivity contribution in [2.24, 2.45) is 7.05 Å². The highest BCUT2D eigenvalue weighted by Gasteiger charge is 2.29. The van der Waals surface area contributed by atoms with E-state index >= 15 is 0 Å². The van der Waals surface area contributed by atoms with Crippen molar-refractivity contribution in [3.8, 4) is 0 Å². The van der Waals surface area contributed by atoms with Crippen molar-refractivity contribution in [3.63, 3.8) is 0 Å². The summed E-state index contributed by atoms with van der Waals surface area (Å²) in [4.78, 5) is 29.8. The summed E-state index contributed by atoms with van der Waals surface area (Å²) in [6, 6.07) is 5.41. The van der Waals surface area contributed by atoms with Crippen LogP contribution >= 0.6 is 57.1 Å². The van der Waals surface area contributed by atoms with Crippen molar-refractivity contribution in [2.75, 3.05) is 26.2 Å². The minimum absolute atomic E-state index is 0.0639. The van der Waals surface area contributed by atoms with Gasteiger partial charge in [-0.1, -0.05) is 29.3 Å². The number of fused-ring (bicyclic) bond motifs is 1. The molecule has 0 saturated carbocycles. The van der Waals surface area contributed by atoms with Gasteiger partial charge in [-0.05, 0) is 34.7 Å². The molecule has 2 aromatic heterocycles. The molecule has 1 fully saturated rings. The molecule has 0 spiro atoms. The van der Waals surface area contributed by atoms with Gasteiger partial charge in [-0.25, -0.2) is 0 Å². The number of piperazine rings is 1. The molecule has 3 heterocycles. The van der Waals surface area contributed by atoms with E-state index in [0.717, 1.165) is 13.7 Å². The molecule has 10 heteroatoms. The first-order valence-corrected chi connectivity index (χ1v) is 11.2. The van der Waals surface area contributed by atoms with Crippen LogP contribution in [-0.2, 0) is 7.05 Å². The molecule has 146 valence electrons. The zero-order valence-electron chi connectivity index (χ0n) is 14.8. The van der Waals surface area contributed by atoms with Gasteiger partial charge in [0.2, 0.25) is 0 Å². The van der Waals surface area contributed by atoms with Gasteiger partial charge in [-0.15, -0.1) is 11.3 Å². The minimum atomic E-state index is -0.107. The highest BCUT2D eigenvalue weighted by Crippen LogP contribution is 2.37. The third kappa shape index (κ3) is 3.51. The molecule has 6 nitrogen and oxygen atoms in total. The summed E-state index contributed by atoms with van der Waals surface area (Å²) in [7, 11) is 1.75. The van der Waals surface area contributed by atoms with E-state index in [4.69, 9.17) is 23.2 Å². The van der Waals surface area contributed by atoms with Crippen LogP contribution in [-0.4, -0.2) is 57.6 Å². The molecule has 1 saturated heterocycles. The zero-order chi connectivity index (χ0) is 20.0. The Labute approximate surface area is 189 Å². The quantitative estimate of drug-likeness (QED) is 0.452. The van der Waals surface area contributed by atoms with E-state index in [-0.39, 0.29) is 11.8 Å². The summed E-state index contributed by atoms with van der Waals surface area (Å²) < 4.78 is 3.30. The van der Waals surface area contributed by atoms with Crippen LogP contribution in [0.25, 0.3) is 10.1 Å². The summed E-state index contributed by atoms with van der Waals surface area (Å²) in [6.45, 7) is 1.87. The summed E-state index contributed by atoms with van der Waals surface area (Å²) in [5, 5.41) is 6.03. The first kappa shape index (κ1) is 19.9. The molecular weight excluding hydrogens is 534 g/mol. The van der Waals surface area contributed by atoms with Crippen molar-refractivity contribution < 1.29 is 9.59 Å². The Hall–Kier alpha value is -1.36. The molecule has 0 atom stereocenters. The maximum absolute atomic E-state index is 13.0. The molecule has 28 heavy (non-hydrogen) atoms. The van der Waals surface area contributed by atoms with Crippen LogP contribution < -0.4 is 0 Å². The molecule has 4 rings (SSSR count). The number of halogens is 3. The summed E-state index contributed by atoms with van der Waals surface area (Å²) in [6.07, 6.45) is 1.67. The van der Waals surface area contributed by atoms with Crippen molar-refractivity contribution in [1.29, 1.82) is 0 Å². The van der Waals surface area contributed by atoms with E-state index in [1.54, 1.807) is 33.8 Å². The Bertz CT molecular complexity index is 1070. The number of amides is 2. The summed E-state index contributed by atoms with van der Waals surface area (Å²) in [5.74, 6) is -0.171. The lowest BCUT2D eigenvalue weighted by molar-refractivity contribution is 0.0531. The average molecular weight is 549 g/mol. The van der Waals surface area contributed by atoms with Crippen molar-refractivity contribution in [1.82, 2.24) is 19.6 Å². The third-order valence-corrected chi connectivity index (χ3v) is 7.41. The van der Waals surface area contributed by atoms with Gasteiger partial charge in [0.1, 0.15) is 10.6 Å². The van der Waals surface area contributed by atoms with E-state index < -0.39 is 0 Å². The van der Waals surface area contributed by atoms with Crippen LogP contribution in [0.2, 0.25) is 10.0 Å². The number of rotatable bonds is 2. The lowest BCUT2D eigenvalue weighted by atomic mass is 10.2. The topological polar surface area (TPSA) is 58.4 Å². The van der Waals surface area contributed by atoms with Gasteiger partial charge in [-0.3, -0.25) is 14.3 Å². The van der Waals surface area contributed by atoms with Gasteiger partial charge < -0.3 is 9.80 Å². The van der Waals surface area contributed by atoms with E-state index in [1.165, 1.54) is 11.3 Å². The number of benzene rings is 1. The number of carbonyl (C=O) groups excluding carboxylic acids is 2. The lowest BCUT2D eigenvalue weighted by Crippen LogP contribution is -2.50. The number of thiophene rings is 1. The maximum Gasteiger partial charge on any atom is 0.273 e. The van der Waals surface area contributed by atoms with Gasteiger partial charge in [0.15, 0.2) is 0 Å². The molecule has 2 amide bonds. The molecule has 0 bridgehead atoms. The predicted octanol–water partition coefficient (Wildman–Crippen LogP) is 4.14. The molecule has 1 aliphatic rings. The van der Waals surface area contributed by atoms with Gasteiger partial charge >= 0.3 is 0 Å². The van der Waals surface area contributed by atoms with Crippen molar-refractivity contribution in [2.45, 2.75) is 0 Å². The van der Waals surface area contributed by atoms with Gasteiger partial charge in [0, 0.05) is 48.3 Å². The first-order chi connectivity index (χ1) is 13.4. The number of hydrogen-bond acceptors (Lipinski definition) is 4. The van der Waals surface area contributed by atoms with Crippen LogP contribution in [0.3, 0.4) is 0 Å². The fourth-order valence-corrected chi connectivity index (χ4v) is 5.69. The monoisotopic (exact) mass is 548 g/mol. The molecule has 0 radical (unpaired) electrons. The fraction of sp³-hybridized carbons (Fsp3) is 0.278. The summed E-state index contributed by atoms with van der Waals surface area (Å²) >= 11 is 16.0. The highest BCUT2D eigenvalue weighted by molar-refractivity contribution is 14.1. The fourth-order valence-electron chi connectivity index (χ4n) is 3.23. The second-order valence-electron chi connectivity index (χ2n) is 6.43. The number of carbonyl (C=O) groups is 2. The molecular formula is C18H15Cl2IN4O2S. The molecule has 1 aliphatic heterocycles. The molecule has 1 aromatic carbocycles. The van der Waals surface area contributed by atoms with Crippen LogP contribution in [0.15, 0.2) is 24.4 Å². The lowest BCUT2D eigenvalue weighted by Gasteiger charge is -2.34. The summed E-state index contributed by atoms with van der Waals surface area (Å²) in [5.41, 5.74) is 0.574. The molecule has 0 N–H and O–H groups in total. The number of aromatic nitrogens is 2. The average Bonchev–Trinajstić information content (AvgIpc) is 3.19. The van der Waals surface area contributed by atoms with Gasteiger partial charge in [0.25, 0.3) is 11.8 Å². The highest BCUT2D eigenvalue weighted by atomic mass is 127. The maximum atomic E-state index is 13.0. The number of hydrogen-bond donors (Lipinski definition) is 0. The van der Waals surface area contributed by atoms with E-state index in [1.807, 2.05) is 12.1 Å². The minimum Gasteiger partial charge on any atom is -0.334 e. The number of aryl methyl sites for hydroxylation is 1. The normalized spacial score (nSPS) is 14.7. The Morgan fingerprint density at radius 2 is 1.75 bits per heavy atom. The number of nitrogens with zero attached hydrogens (tertiary/aromatic N) is 4. The zero-order valence-corrected chi connectivity index (χ0v) is 19.3. The van der Waals surface area contributed by atoms with Crippen LogP contribution in [0.5, 0.6) is 0 Å². The predicted molar refractivity (Wildman–Crippen MR) is 120 cm³/mol. The first-order valence-electron chi connectivity index (χ1n) is 8.50. The second kappa shape index (κ2) is 7.81. The Morgan fingerprint density at radius 3 is 2.36 bits per heavy atom. The van der Waals surface area contributed by atoms with Crippen LogP contribution in [0.4, 0.5) is 0 Å². The molecule has 3 aromatic rings. The van der Waals surface area contributed by atoms with E-state index in [9.17, 15) is 9.59 Å². The Balaban J connectivity index is 1.49. The smallest absolute Gasteiger partial charge is 0.273 e. The largest absolute Gasteiger partial charge is 0.334 e. The molecule has 0 aliphatic carbocycles. The van der Waals surface area contributed by atoms with Gasteiger partial charge in [0.05, 0.1) is 14.8 Å². The second-order valence-corrected chi connectivity index (χ2v) is 9.46. The van der Waals surface area contributed by atoms with Crippen molar-refractivity contribution >= 4 is 79.0 Å². The van der Waals surface area contributed by atoms with Crippen LogP contribution in [0.1, 0.15) is 20.2 Å². The SMILES string of the molecule is Cn1ncc(I)c1C(=O)N1CCN(C(=O)c2sc3cc(Cl)ccc3c2Cl)CC1. The Morgan fingerprint density at radius 1 is 1.11 bits per heavy atom. The molecule has 0 unspecified atom stereocenters. The standard InChI is InChI=1S/C18H15Cl2IN4O2S/c1-23-15(12(21)9-22-23)17(26)24-4-6-25(7-5-24)18(27)16-14(20)11-3-2-10(19)8-13(11)28-16/h2-3,8-9H,4-7H2,1H3. The Kier molecular flexibility index (Phi) is 5.56. The van der Waals surface area contributed by atoms with Crippen molar-refractivity contribution in [3.05, 3.63) is 48.6 Å².